The van der Waals surface area contributed by atoms with E-state index in [2.05, 4.69) is 480 Å². The van der Waals surface area contributed by atoms with Gasteiger partial charge in [-0.25, -0.2) is 0 Å². The summed E-state index contributed by atoms with van der Waals surface area (Å²) in [6.45, 7) is 20.5. The van der Waals surface area contributed by atoms with Crippen LogP contribution in [0.25, 0.3) is 216 Å². The molecule has 0 spiro atoms. The first kappa shape index (κ1) is 92.4. The summed E-state index contributed by atoms with van der Waals surface area (Å²) in [6, 6.07) is 134. The Morgan fingerprint density at radius 1 is 0.236 bits per heavy atom. The van der Waals surface area contributed by atoms with E-state index in [1.807, 2.05) is 92.4 Å². The molecular formula is C132H110N12. The molecule has 0 atom stereocenters. The monoisotopic (exact) mass is 1860 g/mol. The molecule has 26 rings (SSSR count). The highest BCUT2D eigenvalue weighted by Crippen LogP contribution is 2.44. The minimum Gasteiger partial charge on any atom is -0.344 e. The van der Waals surface area contributed by atoms with E-state index in [0.717, 1.165) is 67.6 Å². The largest absolute Gasteiger partial charge is 0.344 e. The van der Waals surface area contributed by atoms with Gasteiger partial charge < -0.3 is 27.4 Å². The molecule has 0 N–H and O–H groups in total. The van der Waals surface area contributed by atoms with Gasteiger partial charge in [-0.3, -0.25) is 29.9 Å². The van der Waals surface area contributed by atoms with Gasteiger partial charge >= 0.3 is 0 Å². The first-order valence-corrected chi connectivity index (χ1v) is 49.0. The highest BCUT2D eigenvalue weighted by atomic mass is 15.0. The lowest BCUT2D eigenvalue weighted by Crippen LogP contribution is -2.02. The van der Waals surface area contributed by atoms with E-state index < -0.39 is 0 Å². The number of hydrogen-bond donors (Lipinski definition) is 0. The number of benzene rings is 17. The first-order valence-electron chi connectivity index (χ1n) is 49.0. The number of para-hydroxylation sites is 8. The highest BCUT2D eigenvalue weighted by molar-refractivity contribution is 6.23. The second-order valence-electron chi connectivity index (χ2n) is 37.4. The van der Waals surface area contributed by atoms with Crippen LogP contribution in [0.1, 0.15) is 51.6 Å². The highest BCUT2D eigenvalue weighted by Gasteiger charge is 2.24. The van der Waals surface area contributed by atoms with Crippen molar-refractivity contribution in [2.45, 2.75) is 55.4 Å². The number of nitrogens with zero attached hydrogens (tertiary/aromatic N) is 12. The Morgan fingerprint density at radius 2 is 0.549 bits per heavy atom. The van der Waals surface area contributed by atoms with E-state index in [1.54, 1.807) is 12.4 Å². The normalized spacial score (nSPS) is 11.5. The van der Waals surface area contributed by atoms with Crippen molar-refractivity contribution >= 4 is 137 Å². The third kappa shape index (κ3) is 18.0. The molecule has 0 saturated carbocycles. The third-order valence-electron chi connectivity index (χ3n) is 27.9. The maximum Gasteiger partial charge on any atom is 0.0888 e. The van der Waals surface area contributed by atoms with Gasteiger partial charge in [-0.2, -0.15) is 0 Å². The second kappa shape index (κ2) is 40.1. The number of rotatable bonds is 11. The molecule has 0 radical (unpaired) electrons. The average Bonchev–Trinajstić information content (AvgIpc) is 1.56. The molecule has 0 unspecified atom stereocenters. The zero-order valence-electron chi connectivity index (χ0n) is 83.1. The molecule has 9 heterocycles. The Morgan fingerprint density at radius 3 is 0.910 bits per heavy atom. The lowest BCUT2D eigenvalue weighted by Gasteiger charge is -2.19. The summed E-state index contributed by atoms with van der Waals surface area (Å²) in [6.07, 6.45) is 18.6. The third-order valence-corrected chi connectivity index (χ3v) is 27.9. The minimum absolute atomic E-state index is 0.842. The molecular weight excluding hydrogens is 1750 g/mol. The smallest absolute Gasteiger partial charge is 0.0888 e. The van der Waals surface area contributed by atoms with Crippen LogP contribution in [0.2, 0.25) is 0 Å². The molecule has 26 aromatic rings. The van der Waals surface area contributed by atoms with E-state index in [9.17, 15) is 0 Å². The van der Waals surface area contributed by atoms with E-state index >= 15 is 0 Å². The summed E-state index contributed by atoms with van der Waals surface area (Å²) in [5, 5.41) is 15.7. The van der Waals surface area contributed by atoms with Crippen LogP contribution in [0, 0.1) is 48.5 Å². The molecule has 0 aliphatic carbocycles. The Labute approximate surface area is 839 Å². The predicted octanol–water partition coefficient (Wildman–Crippen LogP) is 33.6. The Kier molecular flexibility index (Phi) is 25.7. The summed E-state index contributed by atoms with van der Waals surface area (Å²) in [4.78, 5) is 27.0. The number of fused-ring (bicyclic) bond motifs is 19. The molecule has 0 aliphatic rings. The zero-order chi connectivity index (χ0) is 98.8. The van der Waals surface area contributed by atoms with E-state index in [1.165, 1.54) is 192 Å². The predicted molar refractivity (Wildman–Crippen MR) is 609 cm³/mol. The van der Waals surface area contributed by atoms with Gasteiger partial charge in [-0.1, -0.05) is 338 Å². The van der Waals surface area contributed by atoms with Crippen LogP contribution >= 0.6 is 0 Å². The minimum atomic E-state index is 0.842. The van der Waals surface area contributed by atoms with Crippen molar-refractivity contribution in [2.75, 3.05) is 0 Å². The number of hydrogen-bond acceptors (Lipinski definition) is 6. The van der Waals surface area contributed by atoms with Crippen LogP contribution in [-0.4, -0.2) is 57.3 Å². The molecule has 0 amide bonds. The average molecular weight is 1860 g/mol. The van der Waals surface area contributed by atoms with Crippen LogP contribution in [0.3, 0.4) is 0 Å². The van der Waals surface area contributed by atoms with Crippen LogP contribution in [0.4, 0.5) is 0 Å². The lowest BCUT2D eigenvalue weighted by atomic mass is 9.98. The van der Waals surface area contributed by atoms with Gasteiger partial charge in [-0.15, -0.1) is 0 Å². The molecule has 9 aromatic heterocycles. The van der Waals surface area contributed by atoms with Gasteiger partial charge in [0.2, 0.25) is 0 Å². The van der Waals surface area contributed by atoms with Gasteiger partial charge in [0.05, 0.1) is 116 Å². The summed E-state index contributed by atoms with van der Waals surface area (Å²) in [5.74, 6) is 0. The van der Waals surface area contributed by atoms with E-state index in [4.69, 9.17) is 0 Å². The maximum absolute atomic E-state index is 4.56. The second-order valence-corrected chi connectivity index (χ2v) is 37.4. The van der Waals surface area contributed by atoms with Gasteiger partial charge in [0.15, 0.2) is 0 Å². The molecule has 0 fully saturated rings. The molecule has 17 aromatic carbocycles. The van der Waals surface area contributed by atoms with Crippen LogP contribution < -0.4 is 0 Å². The fourth-order valence-electron chi connectivity index (χ4n) is 20.4. The van der Waals surface area contributed by atoms with E-state index in [-0.39, 0.29) is 0 Å². The molecule has 0 aliphatic heterocycles. The molecule has 144 heavy (non-hydrogen) atoms. The lowest BCUT2D eigenvalue weighted by molar-refractivity contribution is 0.986. The molecule has 12 nitrogen and oxygen atoms in total. The van der Waals surface area contributed by atoms with Gasteiger partial charge in [0, 0.05) is 165 Å². The number of allylic oxidation sites excluding steroid dienone is 4. The topological polar surface area (TPSA) is 107 Å². The van der Waals surface area contributed by atoms with Crippen molar-refractivity contribution in [1.82, 2.24) is 57.3 Å². The number of aromatic nitrogens is 12. The Bertz CT molecular complexity index is 8810. The van der Waals surface area contributed by atoms with Crippen LogP contribution in [0.15, 0.2) is 444 Å². The SMILES string of the molecule is C=C/C(C)=C\C=C\c1cnc(-c2ccc(C)cc2)cn1.Cc1ccc(-c2ccc(C)cc2-n2c3ccccc3c3ccccc32)c(-n2c3ccccc3c3ccccc32)c1.Cc1cccc(-c2cnc(-c3cccc(C)c3)cn2)c1.Cc1ccccc1-c1cnc(-c2ccccc2C)cn1.Cn1c2ccccc2c2cc3c(cc21)c1ccccc1n3C.Cn1c2ccccc2c2ccc3c4ccccc4n(C)c3c21. The van der Waals surface area contributed by atoms with Gasteiger partial charge in [0.1, 0.15) is 0 Å². The van der Waals surface area contributed by atoms with Gasteiger partial charge in [-0.05, 0) is 169 Å². The molecule has 0 bridgehead atoms. The van der Waals surface area contributed by atoms with Gasteiger partial charge in [0.25, 0.3) is 0 Å². The first-order chi connectivity index (χ1) is 70.4. The maximum atomic E-state index is 4.56. The van der Waals surface area contributed by atoms with Crippen molar-refractivity contribution in [3.8, 4) is 78.8 Å². The quantitative estimate of drug-likeness (QED) is 0.119. The van der Waals surface area contributed by atoms with Crippen molar-refractivity contribution in [3.05, 3.63) is 488 Å². The van der Waals surface area contributed by atoms with Crippen LogP contribution in [-0.2, 0) is 28.2 Å². The molecule has 0 saturated heterocycles. The summed E-state index contributed by atoms with van der Waals surface area (Å²) in [5.41, 5.74) is 40.8. The van der Waals surface area contributed by atoms with Crippen molar-refractivity contribution < 1.29 is 0 Å². The fourth-order valence-corrected chi connectivity index (χ4v) is 20.4. The standard InChI is InChI=1S/C38H28N2.2C20H16N2.2C18H16N2.C18H18N2/c1-25-19-21-31(37(23-25)39-33-15-7-3-11-27(33)28-12-4-8-16-34(28)39)32-22-20-26(2)24-38(32)40-35-17-9-5-13-29(35)30-14-6-10-18-36(30)40;1-21-17-9-5-3-7-13(17)15-12-20-16(11-19(15)21)14-8-4-6-10-18(14)22(20)2;1-21-17-9-5-3-7-13(17)15-11-12-16-14-8-4-6-10-18(14)22(2)20(16)19(15)21;1-13-5-3-7-15(9-13)17-11-20-18(12-19-17)16-8-4-6-14(2)10-16;1-13-7-3-5-9-15(13)17-11-20-18(12-19-17)16-10-6-4-8-14(16)2;1-4-14(2)6-5-7-17-12-20-18(13-19-17)16-10-8-15(3)9-11-16/h3-24H,1-2H3;2*3-12H,1-2H3;2*3-12H,1-2H3;4-13H,1H2,2-3H3/b;;;;;7-5+,14-6-. The zero-order valence-corrected chi connectivity index (χ0v) is 83.1. The number of aryl methyl sites for hydroxylation is 11. The Balaban J connectivity index is 0.000000105. The van der Waals surface area contributed by atoms with Crippen LogP contribution in [0.5, 0.6) is 0 Å². The van der Waals surface area contributed by atoms with E-state index in [0.29, 0.717) is 0 Å². The van der Waals surface area contributed by atoms with Crippen molar-refractivity contribution in [3.63, 3.8) is 0 Å². The molecule has 698 valence electrons. The summed E-state index contributed by atoms with van der Waals surface area (Å²) >= 11 is 0. The fraction of sp³-hybridized carbons (Fsp3) is 0.0909. The van der Waals surface area contributed by atoms with Crippen molar-refractivity contribution in [1.29, 1.82) is 0 Å². The molecule has 12 heteroatoms. The summed E-state index contributed by atoms with van der Waals surface area (Å²) < 4.78 is 14.1. The Hall–Kier alpha value is -18.0. The summed E-state index contributed by atoms with van der Waals surface area (Å²) in [7, 11) is 8.65. The van der Waals surface area contributed by atoms with Crippen molar-refractivity contribution in [2.24, 2.45) is 28.2 Å².